The summed E-state index contributed by atoms with van der Waals surface area (Å²) in [5.41, 5.74) is 1.15. The summed E-state index contributed by atoms with van der Waals surface area (Å²) in [6.07, 6.45) is 0. The smallest absolute Gasteiger partial charge is 0.339 e. The van der Waals surface area contributed by atoms with Gasteiger partial charge in [0.25, 0.3) is 0 Å². The molecule has 0 saturated heterocycles. The number of nitrogens with zero attached hydrogens (tertiary/aromatic N) is 1. The van der Waals surface area contributed by atoms with Gasteiger partial charge in [0.1, 0.15) is 22.3 Å². The topological polar surface area (TPSA) is 75.7 Å². The summed E-state index contributed by atoms with van der Waals surface area (Å²) >= 11 is 0. The van der Waals surface area contributed by atoms with Gasteiger partial charge in [-0.1, -0.05) is 30.3 Å². The molecule has 0 heterocycles. The predicted molar refractivity (Wildman–Crippen MR) is 120 cm³/mol. The van der Waals surface area contributed by atoms with Crippen molar-refractivity contribution in [1.29, 1.82) is 0 Å². The van der Waals surface area contributed by atoms with Crippen LogP contribution in [0.3, 0.4) is 0 Å². The van der Waals surface area contributed by atoms with Crippen molar-refractivity contribution in [3.8, 4) is 5.75 Å². The van der Waals surface area contributed by atoms with E-state index in [4.69, 9.17) is 4.18 Å². The fraction of sp³-hybridized carbons (Fsp3) is 0.208. The van der Waals surface area contributed by atoms with Gasteiger partial charge in [-0.05, 0) is 61.9 Å². The summed E-state index contributed by atoms with van der Waals surface area (Å²) in [5, 5.41) is 2.81. The molecule has 9 heteroatoms. The number of para-hydroxylation sites is 1. The SMILES string of the molecule is CC(C)NC(=O)N(Cc1ccc(F)cc1)Cc1ccccc1OS(=O)(=O)c1ccc(F)cc1. The maximum absolute atomic E-state index is 13.3. The van der Waals surface area contributed by atoms with Gasteiger partial charge in [-0.25, -0.2) is 13.6 Å². The summed E-state index contributed by atoms with van der Waals surface area (Å²) in [6.45, 7) is 3.84. The van der Waals surface area contributed by atoms with Crippen LogP contribution >= 0.6 is 0 Å². The highest BCUT2D eigenvalue weighted by atomic mass is 32.2. The van der Waals surface area contributed by atoms with Crippen LogP contribution in [-0.4, -0.2) is 25.4 Å². The molecule has 0 saturated carbocycles. The first-order valence-corrected chi connectivity index (χ1v) is 11.6. The van der Waals surface area contributed by atoms with Gasteiger partial charge in [0, 0.05) is 18.2 Å². The molecule has 0 aromatic heterocycles. The van der Waals surface area contributed by atoms with Crippen molar-refractivity contribution in [2.45, 2.75) is 37.9 Å². The molecule has 1 N–H and O–H groups in total. The van der Waals surface area contributed by atoms with Gasteiger partial charge in [0.05, 0.1) is 6.54 Å². The van der Waals surface area contributed by atoms with Gasteiger partial charge in [0.15, 0.2) is 0 Å². The van der Waals surface area contributed by atoms with Crippen molar-refractivity contribution in [2.24, 2.45) is 0 Å². The molecule has 3 rings (SSSR count). The molecule has 0 aliphatic heterocycles. The monoisotopic (exact) mass is 474 g/mol. The zero-order valence-corrected chi connectivity index (χ0v) is 19.0. The molecule has 0 spiro atoms. The van der Waals surface area contributed by atoms with E-state index in [1.165, 1.54) is 23.1 Å². The second-order valence-electron chi connectivity index (χ2n) is 7.69. The largest absolute Gasteiger partial charge is 0.379 e. The molecule has 0 aliphatic carbocycles. The van der Waals surface area contributed by atoms with E-state index in [1.807, 2.05) is 13.8 Å². The molecule has 0 bridgehead atoms. The second-order valence-corrected chi connectivity index (χ2v) is 9.23. The van der Waals surface area contributed by atoms with Gasteiger partial charge >= 0.3 is 16.1 Å². The minimum atomic E-state index is -4.22. The van der Waals surface area contributed by atoms with Crippen LogP contribution in [0.25, 0.3) is 0 Å². The number of hydrogen-bond donors (Lipinski definition) is 1. The van der Waals surface area contributed by atoms with E-state index in [-0.39, 0.29) is 41.6 Å². The number of nitrogens with one attached hydrogen (secondary N) is 1. The zero-order chi connectivity index (χ0) is 24.0. The van der Waals surface area contributed by atoms with Crippen molar-refractivity contribution < 1.29 is 26.2 Å². The number of carbonyl (C=O) groups excluding carboxylic acids is 1. The molecular formula is C24H24F2N2O4S. The van der Waals surface area contributed by atoms with E-state index < -0.39 is 15.9 Å². The van der Waals surface area contributed by atoms with E-state index in [0.717, 1.165) is 24.3 Å². The number of amides is 2. The molecule has 0 fully saturated rings. The Bertz CT molecular complexity index is 1200. The van der Waals surface area contributed by atoms with Crippen LogP contribution in [0.15, 0.2) is 77.7 Å². The molecule has 6 nitrogen and oxygen atoms in total. The molecule has 2 amide bonds. The first-order valence-electron chi connectivity index (χ1n) is 10.2. The summed E-state index contributed by atoms with van der Waals surface area (Å²) < 4.78 is 57.2. The third kappa shape index (κ3) is 6.76. The van der Waals surface area contributed by atoms with E-state index >= 15 is 0 Å². The highest BCUT2D eigenvalue weighted by molar-refractivity contribution is 7.87. The van der Waals surface area contributed by atoms with Gasteiger partial charge in [-0.15, -0.1) is 0 Å². The molecule has 174 valence electrons. The first-order chi connectivity index (χ1) is 15.6. The average Bonchev–Trinajstić information content (AvgIpc) is 2.75. The van der Waals surface area contributed by atoms with Crippen LogP contribution in [0, 0.1) is 11.6 Å². The van der Waals surface area contributed by atoms with Crippen molar-refractivity contribution >= 4 is 16.1 Å². The van der Waals surface area contributed by atoms with E-state index in [0.29, 0.717) is 11.1 Å². The third-order valence-corrected chi connectivity index (χ3v) is 5.87. The van der Waals surface area contributed by atoms with Crippen molar-refractivity contribution in [1.82, 2.24) is 10.2 Å². The second kappa shape index (κ2) is 10.4. The van der Waals surface area contributed by atoms with Gasteiger partial charge in [0.2, 0.25) is 0 Å². The third-order valence-electron chi connectivity index (χ3n) is 4.62. The molecule has 3 aromatic carbocycles. The maximum Gasteiger partial charge on any atom is 0.339 e. The number of urea groups is 1. The summed E-state index contributed by atoms with van der Waals surface area (Å²) in [5.74, 6) is -0.910. The Hall–Kier alpha value is -3.46. The molecule has 0 atom stereocenters. The van der Waals surface area contributed by atoms with Crippen LogP contribution in [0.5, 0.6) is 5.75 Å². The molecular weight excluding hydrogens is 450 g/mol. The number of hydrogen-bond acceptors (Lipinski definition) is 4. The highest BCUT2D eigenvalue weighted by Gasteiger charge is 2.21. The predicted octanol–water partition coefficient (Wildman–Crippen LogP) is 4.85. The number of carbonyl (C=O) groups is 1. The lowest BCUT2D eigenvalue weighted by molar-refractivity contribution is 0.189. The van der Waals surface area contributed by atoms with Crippen LogP contribution in [0.1, 0.15) is 25.0 Å². The van der Waals surface area contributed by atoms with Gasteiger partial charge in [-0.2, -0.15) is 8.42 Å². The lowest BCUT2D eigenvalue weighted by atomic mass is 10.1. The van der Waals surface area contributed by atoms with Crippen molar-refractivity contribution in [2.75, 3.05) is 0 Å². The van der Waals surface area contributed by atoms with E-state index in [2.05, 4.69) is 5.32 Å². The maximum atomic E-state index is 13.3. The van der Waals surface area contributed by atoms with Crippen LogP contribution in [0.4, 0.5) is 13.6 Å². The van der Waals surface area contributed by atoms with Crippen LogP contribution < -0.4 is 9.50 Å². The summed E-state index contributed by atoms with van der Waals surface area (Å²) in [6, 6.07) is 16.0. The fourth-order valence-corrected chi connectivity index (χ4v) is 4.00. The molecule has 0 aliphatic rings. The summed E-state index contributed by atoms with van der Waals surface area (Å²) in [4.78, 5) is 14.1. The van der Waals surface area contributed by atoms with Crippen molar-refractivity contribution in [3.05, 3.63) is 95.6 Å². The number of benzene rings is 3. The Kier molecular flexibility index (Phi) is 7.65. The molecule has 3 aromatic rings. The molecule has 0 unspecified atom stereocenters. The Labute approximate surface area is 191 Å². The van der Waals surface area contributed by atoms with Crippen molar-refractivity contribution in [3.63, 3.8) is 0 Å². The lowest BCUT2D eigenvalue weighted by Crippen LogP contribution is -2.42. The Morgan fingerprint density at radius 3 is 2.09 bits per heavy atom. The lowest BCUT2D eigenvalue weighted by Gasteiger charge is -2.25. The van der Waals surface area contributed by atoms with Gasteiger partial charge < -0.3 is 14.4 Å². The minimum Gasteiger partial charge on any atom is -0.379 e. The van der Waals surface area contributed by atoms with Crippen LogP contribution in [-0.2, 0) is 23.2 Å². The average molecular weight is 475 g/mol. The number of rotatable bonds is 8. The normalized spacial score (nSPS) is 11.3. The Morgan fingerprint density at radius 2 is 1.48 bits per heavy atom. The van der Waals surface area contributed by atoms with E-state index in [9.17, 15) is 22.0 Å². The first kappa shape index (κ1) is 24.2. The minimum absolute atomic E-state index is 0.0328. The zero-order valence-electron chi connectivity index (χ0n) is 18.2. The molecule has 0 radical (unpaired) electrons. The quantitative estimate of drug-likeness (QED) is 0.474. The van der Waals surface area contributed by atoms with E-state index in [1.54, 1.807) is 30.3 Å². The number of halogens is 2. The Balaban J connectivity index is 1.87. The fourth-order valence-electron chi connectivity index (χ4n) is 3.04. The summed E-state index contributed by atoms with van der Waals surface area (Å²) in [7, 11) is -4.22. The van der Waals surface area contributed by atoms with Gasteiger partial charge in [-0.3, -0.25) is 0 Å². The highest BCUT2D eigenvalue weighted by Crippen LogP contribution is 2.25. The molecule has 33 heavy (non-hydrogen) atoms. The standard InChI is InChI=1S/C24H24F2N2O4S/c1-17(2)27-24(29)28(15-18-7-9-20(25)10-8-18)16-19-5-3-4-6-23(19)32-33(30,31)22-13-11-21(26)12-14-22/h3-14,17H,15-16H2,1-2H3,(H,27,29). The van der Waals surface area contributed by atoms with Crippen LogP contribution in [0.2, 0.25) is 0 Å². The Morgan fingerprint density at radius 1 is 0.909 bits per heavy atom.